The quantitative estimate of drug-likeness (QED) is 0.617. The van der Waals surface area contributed by atoms with Gasteiger partial charge >= 0.3 is 6.03 Å². The van der Waals surface area contributed by atoms with Gasteiger partial charge in [0.2, 0.25) is 0 Å². The molecule has 158 valence electrons. The number of hydrogen-bond acceptors (Lipinski definition) is 3. The smallest absolute Gasteiger partial charge is 0.329 e. The molecule has 3 aromatic rings. The van der Waals surface area contributed by atoms with Gasteiger partial charge < -0.3 is 15.1 Å². The van der Waals surface area contributed by atoms with E-state index in [1.165, 1.54) is 15.5 Å². The third-order valence-electron chi connectivity index (χ3n) is 6.52. The van der Waals surface area contributed by atoms with Crippen molar-refractivity contribution in [2.75, 3.05) is 37.7 Å². The van der Waals surface area contributed by atoms with Crippen molar-refractivity contribution in [2.45, 2.75) is 12.5 Å². The Morgan fingerprint density at radius 3 is 2.48 bits per heavy atom. The summed E-state index contributed by atoms with van der Waals surface area (Å²) in [5.74, 6) is -0.178. The van der Waals surface area contributed by atoms with Crippen molar-refractivity contribution < 1.29 is 19.5 Å². The molecule has 0 aliphatic carbocycles. The van der Waals surface area contributed by atoms with Crippen molar-refractivity contribution in [1.82, 2.24) is 10.2 Å². The second-order valence-corrected chi connectivity index (χ2v) is 8.47. The van der Waals surface area contributed by atoms with Crippen molar-refractivity contribution in [3.05, 3.63) is 72.6 Å². The highest BCUT2D eigenvalue weighted by molar-refractivity contribution is 6.09. The van der Waals surface area contributed by atoms with Gasteiger partial charge in [-0.2, -0.15) is 0 Å². The lowest BCUT2D eigenvalue weighted by Gasteiger charge is -2.34. The molecule has 0 saturated carbocycles. The molecule has 1 aromatic heterocycles. The number of hydrogen-bond donors (Lipinski definition) is 2. The first-order valence-electron chi connectivity index (χ1n) is 10.7. The monoisotopic (exact) mass is 417 g/mol. The average Bonchev–Trinajstić information content (AvgIpc) is 3.03. The molecule has 1 atom stereocenters. The van der Waals surface area contributed by atoms with Crippen molar-refractivity contribution in [1.29, 1.82) is 0 Å². The van der Waals surface area contributed by atoms with E-state index in [0.29, 0.717) is 6.67 Å². The van der Waals surface area contributed by atoms with Gasteiger partial charge in [0, 0.05) is 17.8 Å². The zero-order valence-corrected chi connectivity index (χ0v) is 17.6. The molecule has 3 N–H and O–H groups in total. The number of anilines is 1. The molecular formula is C24H27N5O2+2. The van der Waals surface area contributed by atoms with Gasteiger partial charge in [-0.15, -0.1) is 0 Å². The number of nitrogens with zero attached hydrogens (tertiary/aromatic N) is 2. The van der Waals surface area contributed by atoms with Crippen molar-refractivity contribution >= 4 is 28.4 Å². The highest BCUT2D eigenvalue weighted by Crippen LogP contribution is 2.33. The Hall–Kier alpha value is -3.45. The van der Waals surface area contributed by atoms with Gasteiger partial charge in [-0.05, 0) is 23.3 Å². The molecule has 2 aliphatic rings. The number of aromatic amines is 1. The number of benzene rings is 2. The number of pyridine rings is 1. The maximum Gasteiger partial charge on any atom is 0.329 e. The van der Waals surface area contributed by atoms with Crippen LogP contribution in [0.4, 0.5) is 10.5 Å². The van der Waals surface area contributed by atoms with Crippen LogP contribution in [0, 0.1) is 0 Å². The number of carbonyl (C=O) groups is 2. The van der Waals surface area contributed by atoms with E-state index in [1.807, 2.05) is 61.8 Å². The summed E-state index contributed by atoms with van der Waals surface area (Å²) in [6.07, 6.45) is 3.85. The van der Waals surface area contributed by atoms with Crippen LogP contribution in [0.2, 0.25) is 0 Å². The Morgan fingerprint density at radius 2 is 1.71 bits per heavy atom. The Kier molecular flexibility index (Phi) is 4.82. The first-order valence-corrected chi connectivity index (χ1v) is 10.7. The van der Waals surface area contributed by atoms with E-state index in [1.54, 1.807) is 0 Å². The Bertz CT molecular complexity index is 1120. The van der Waals surface area contributed by atoms with E-state index in [-0.39, 0.29) is 11.9 Å². The number of nitrogens with one attached hydrogen (secondary N) is 3. The predicted octanol–water partition coefficient (Wildman–Crippen LogP) is 0.784. The summed E-state index contributed by atoms with van der Waals surface area (Å²) in [6.45, 7) is 5.74. The van der Waals surface area contributed by atoms with Crippen LogP contribution in [0.5, 0.6) is 0 Å². The largest absolute Gasteiger partial charge is 0.360 e. The van der Waals surface area contributed by atoms with Crippen LogP contribution in [0.3, 0.4) is 0 Å². The molecule has 3 heterocycles. The lowest BCUT2D eigenvalue weighted by atomic mass is 9.88. The summed E-state index contributed by atoms with van der Waals surface area (Å²) in [5.41, 5.74) is 0.975. The molecule has 31 heavy (non-hydrogen) atoms. The Labute approximate surface area is 181 Å². The summed E-state index contributed by atoms with van der Waals surface area (Å²) in [4.78, 5) is 34.3. The first-order chi connectivity index (χ1) is 15.1. The van der Waals surface area contributed by atoms with Gasteiger partial charge in [0.1, 0.15) is 5.54 Å². The summed E-state index contributed by atoms with van der Waals surface area (Å²) in [5, 5.41) is 5.02. The van der Waals surface area contributed by atoms with E-state index in [4.69, 9.17) is 0 Å². The standard InChI is InChI=1S/C24H25N5O2/c1-24(21-8-4-6-18-5-2-3-7-20(18)21)22(30)29(23(31)26-24)17-27-13-15-28(16-14-27)19-9-11-25-12-10-19/h2-12H,13-17H2,1H3,(H,26,31)/p+2/t24-/m1/s1. The van der Waals surface area contributed by atoms with Crippen molar-refractivity contribution in [3.8, 4) is 0 Å². The fourth-order valence-corrected chi connectivity index (χ4v) is 4.74. The van der Waals surface area contributed by atoms with Crippen LogP contribution in [0.15, 0.2) is 67.0 Å². The van der Waals surface area contributed by atoms with Crippen molar-refractivity contribution in [3.63, 3.8) is 0 Å². The zero-order valence-electron chi connectivity index (χ0n) is 17.6. The number of aromatic nitrogens is 1. The molecule has 2 aromatic carbocycles. The summed E-state index contributed by atoms with van der Waals surface area (Å²) >= 11 is 0. The number of imide groups is 1. The molecule has 0 radical (unpaired) electrons. The van der Waals surface area contributed by atoms with E-state index in [2.05, 4.69) is 27.3 Å². The highest BCUT2D eigenvalue weighted by atomic mass is 16.2. The SMILES string of the molecule is C[C@]1(c2cccc3ccccc23)NC(=O)N(C[NH+]2CCN(c3cc[nH+]cc3)CC2)C1=O. The molecule has 2 fully saturated rings. The lowest BCUT2D eigenvalue weighted by Crippen LogP contribution is -3.16. The molecule has 0 spiro atoms. The fraction of sp³-hybridized carbons (Fsp3) is 0.292. The van der Waals surface area contributed by atoms with Gasteiger partial charge in [0.25, 0.3) is 5.91 Å². The van der Waals surface area contributed by atoms with E-state index in [0.717, 1.165) is 42.5 Å². The zero-order chi connectivity index (χ0) is 21.4. The van der Waals surface area contributed by atoms with Gasteiger partial charge in [0.15, 0.2) is 19.1 Å². The number of quaternary nitrogens is 1. The van der Waals surface area contributed by atoms with E-state index < -0.39 is 5.54 Å². The second kappa shape index (κ2) is 7.67. The van der Waals surface area contributed by atoms with Crippen LogP contribution < -0.4 is 20.1 Å². The topological polar surface area (TPSA) is 71.2 Å². The molecular weight excluding hydrogens is 390 g/mol. The number of rotatable bonds is 4. The second-order valence-electron chi connectivity index (χ2n) is 8.47. The average molecular weight is 418 g/mol. The molecule has 0 unspecified atom stereocenters. The van der Waals surface area contributed by atoms with Gasteiger partial charge in [-0.1, -0.05) is 42.5 Å². The first kappa shape index (κ1) is 19.5. The maximum absolute atomic E-state index is 13.5. The number of carbonyl (C=O) groups excluding carboxylic acids is 2. The molecule has 7 heteroatoms. The summed E-state index contributed by atoms with van der Waals surface area (Å²) in [7, 11) is 0. The molecule has 2 aliphatic heterocycles. The molecule has 5 rings (SSSR count). The minimum Gasteiger partial charge on any atom is -0.360 e. The highest BCUT2D eigenvalue weighted by Gasteiger charge is 2.50. The molecule has 2 saturated heterocycles. The lowest BCUT2D eigenvalue weighted by molar-refractivity contribution is -0.907. The van der Waals surface area contributed by atoms with Crippen LogP contribution in [0.1, 0.15) is 12.5 Å². The predicted molar refractivity (Wildman–Crippen MR) is 117 cm³/mol. The third-order valence-corrected chi connectivity index (χ3v) is 6.52. The van der Waals surface area contributed by atoms with Gasteiger partial charge in [-0.3, -0.25) is 4.79 Å². The van der Waals surface area contributed by atoms with Gasteiger partial charge in [-0.25, -0.2) is 14.7 Å². The minimum atomic E-state index is -1.06. The third kappa shape index (κ3) is 3.41. The number of piperazine rings is 1. The number of fused-ring (bicyclic) bond motifs is 1. The minimum absolute atomic E-state index is 0.178. The normalized spacial score (nSPS) is 22.2. The summed E-state index contributed by atoms with van der Waals surface area (Å²) < 4.78 is 0. The van der Waals surface area contributed by atoms with Crippen molar-refractivity contribution in [2.24, 2.45) is 0 Å². The Morgan fingerprint density at radius 1 is 1.00 bits per heavy atom. The van der Waals surface area contributed by atoms with Crippen LogP contribution in [-0.4, -0.2) is 49.7 Å². The number of urea groups is 1. The fourth-order valence-electron chi connectivity index (χ4n) is 4.74. The maximum atomic E-state index is 13.5. The van der Waals surface area contributed by atoms with E-state index in [9.17, 15) is 9.59 Å². The van der Waals surface area contributed by atoms with Crippen LogP contribution in [-0.2, 0) is 10.3 Å². The van der Waals surface area contributed by atoms with Gasteiger partial charge in [0.05, 0.1) is 26.2 Å². The number of H-pyrrole nitrogens is 1. The summed E-state index contributed by atoms with van der Waals surface area (Å²) in [6, 6.07) is 17.7. The molecule has 3 amide bonds. The number of amides is 3. The Balaban J connectivity index is 1.32. The van der Waals surface area contributed by atoms with Crippen LogP contribution >= 0.6 is 0 Å². The van der Waals surface area contributed by atoms with E-state index >= 15 is 0 Å². The molecule has 7 nitrogen and oxygen atoms in total. The molecule has 0 bridgehead atoms. The van der Waals surface area contributed by atoms with Crippen LogP contribution in [0.25, 0.3) is 10.8 Å².